The number of pyridine rings is 1. The van der Waals surface area contributed by atoms with E-state index in [1.165, 1.54) is 6.20 Å². The first kappa shape index (κ1) is 12.8. The molecule has 0 bridgehead atoms. The van der Waals surface area contributed by atoms with Crippen LogP contribution in [-0.2, 0) is 6.42 Å². The summed E-state index contributed by atoms with van der Waals surface area (Å²) in [5.74, 6) is 0.739. The molecule has 7 nitrogen and oxygen atoms in total. The number of imidazole rings is 1. The first-order chi connectivity index (χ1) is 9.72. The molecule has 1 unspecified atom stereocenters. The first-order valence-corrected chi connectivity index (χ1v) is 6.28. The maximum Gasteiger partial charge on any atom is 0.244 e. The molecule has 0 aromatic carbocycles. The van der Waals surface area contributed by atoms with Gasteiger partial charge in [0.1, 0.15) is 5.69 Å². The number of hydrogen-bond donors (Lipinski definition) is 2. The van der Waals surface area contributed by atoms with Crippen molar-refractivity contribution in [2.45, 2.75) is 12.5 Å². The molecule has 3 N–H and O–H groups in total. The normalized spacial score (nSPS) is 12.5. The number of nitrogens with two attached hydrogens (primary N) is 1. The molecule has 0 spiro atoms. The van der Waals surface area contributed by atoms with Crippen LogP contribution in [0.25, 0.3) is 11.5 Å². The Morgan fingerprint density at radius 1 is 1.35 bits per heavy atom. The van der Waals surface area contributed by atoms with E-state index >= 15 is 0 Å². The van der Waals surface area contributed by atoms with Crippen molar-refractivity contribution < 1.29 is 4.52 Å². The molecule has 0 radical (unpaired) electrons. The van der Waals surface area contributed by atoms with E-state index < -0.39 is 6.04 Å². The summed E-state index contributed by atoms with van der Waals surface area (Å²) in [6.07, 6.45) is 5.37. The van der Waals surface area contributed by atoms with Crippen LogP contribution in [-0.4, -0.2) is 25.1 Å². The van der Waals surface area contributed by atoms with Crippen LogP contribution in [0.4, 0.5) is 0 Å². The van der Waals surface area contributed by atoms with Crippen LogP contribution in [0.1, 0.15) is 17.6 Å². The van der Waals surface area contributed by atoms with Gasteiger partial charge in [0.15, 0.2) is 0 Å². The smallest absolute Gasteiger partial charge is 0.244 e. The van der Waals surface area contributed by atoms with Gasteiger partial charge in [-0.1, -0.05) is 16.8 Å². The molecule has 0 amide bonds. The summed E-state index contributed by atoms with van der Waals surface area (Å²) < 4.78 is 5.17. The van der Waals surface area contributed by atoms with Gasteiger partial charge >= 0.3 is 0 Å². The molecule has 102 valence electrons. The van der Waals surface area contributed by atoms with Crippen molar-refractivity contribution in [2.24, 2.45) is 5.73 Å². The Labute approximate surface area is 119 Å². The highest BCUT2D eigenvalue weighted by Gasteiger charge is 2.17. The Morgan fingerprint density at radius 2 is 2.25 bits per heavy atom. The number of halogens is 1. The lowest BCUT2D eigenvalue weighted by Crippen LogP contribution is -2.14. The third kappa shape index (κ3) is 2.68. The maximum atomic E-state index is 6.02. The highest BCUT2D eigenvalue weighted by Crippen LogP contribution is 2.19. The minimum atomic E-state index is -0.399. The Kier molecular flexibility index (Phi) is 3.44. The summed E-state index contributed by atoms with van der Waals surface area (Å²) >= 11 is 5.78. The molecule has 0 aliphatic carbocycles. The largest absolute Gasteiger partial charge is 0.348 e. The fourth-order valence-corrected chi connectivity index (χ4v) is 1.83. The van der Waals surface area contributed by atoms with Gasteiger partial charge in [0.05, 0.1) is 17.4 Å². The number of hydrogen-bond acceptors (Lipinski definition) is 6. The predicted molar refractivity (Wildman–Crippen MR) is 71.8 cm³/mol. The molecule has 0 saturated heterocycles. The van der Waals surface area contributed by atoms with E-state index in [1.807, 2.05) is 0 Å². The molecule has 3 rings (SSSR count). The van der Waals surface area contributed by atoms with E-state index in [0.717, 1.165) is 5.69 Å². The highest BCUT2D eigenvalue weighted by molar-refractivity contribution is 6.30. The van der Waals surface area contributed by atoms with Crippen LogP contribution in [0.15, 0.2) is 35.4 Å². The second kappa shape index (κ2) is 5.40. The number of nitrogens with one attached hydrogen (secondary N) is 1. The van der Waals surface area contributed by atoms with Crippen molar-refractivity contribution in [1.29, 1.82) is 0 Å². The topological polar surface area (TPSA) is 107 Å². The zero-order chi connectivity index (χ0) is 13.9. The second-order valence-corrected chi connectivity index (χ2v) is 4.64. The quantitative estimate of drug-likeness (QED) is 0.758. The molecule has 0 saturated carbocycles. The fraction of sp³-hybridized carbons (Fsp3) is 0.167. The number of aromatic amines is 1. The van der Waals surface area contributed by atoms with Crippen LogP contribution in [0.2, 0.25) is 5.02 Å². The Hall–Kier alpha value is -2.25. The monoisotopic (exact) mass is 290 g/mol. The van der Waals surface area contributed by atoms with E-state index in [1.54, 1.807) is 24.7 Å². The van der Waals surface area contributed by atoms with Gasteiger partial charge in [0.25, 0.3) is 0 Å². The number of aromatic nitrogens is 5. The Balaban J connectivity index is 1.77. The molecule has 0 fully saturated rings. The molecular formula is C12H11ClN6O. The predicted octanol–water partition coefficient (Wildman–Crippen LogP) is 1.75. The fourth-order valence-electron chi connectivity index (χ4n) is 1.72. The van der Waals surface area contributed by atoms with Crippen molar-refractivity contribution in [2.75, 3.05) is 0 Å². The molecule has 0 aliphatic heterocycles. The van der Waals surface area contributed by atoms with Crippen molar-refractivity contribution in [1.82, 2.24) is 25.1 Å². The van der Waals surface area contributed by atoms with Crippen molar-refractivity contribution in [3.8, 4) is 11.5 Å². The SMILES string of the molecule is NC(Cc1cnc[nH]1)c1nc(-c2ccc(Cl)cn2)no1. The zero-order valence-electron chi connectivity index (χ0n) is 10.3. The molecule has 3 aromatic rings. The average molecular weight is 291 g/mol. The Bertz CT molecular complexity index is 678. The number of rotatable bonds is 4. The summed E-state index contributed by atoms with van der Waals surface area (Å²) in [4.78, 5) is 15.3. The molecule has 0 aliphatic rings. The molecule has 1 atom stereocenters. The average Bonchev–Trinajstić information content (AvgIpc) is 3.10. The summed E-state index contributed by atoms with van der Waals surface area (Å²) in [5, 5.41) is 4.42. The van der Waals surface area contributed by atoms with Gasteiger partial charge in [-0.05, 0) is 12.1 Å². The number of nitrogens with zero attached hydrogens (tertiary/aromatic N) is 4. The summed E-state index contributed by atoms with van der Waals surface area (Å²) in [6.45, 7) is 0. The van der Waals surface area contributed by atoms with Gasteiger partial charge in [0, 0.05) is 24.5 Å². The van der Waals surface area contributed by atoms with E-state index in [2.05, 4.69) is 25.1 Å². The van der Waals surface area contributed by atoms with Crippen LogP contribution in [0.3, 0.4) is 0 Å². The second-order valence-electron chi connectivity index (χ2n) is 4.21. The lowest BCUT2D eigenvalue weighted by Gasteiger charge is -2.03. The molecule has 8 heteroatoms. The summed E-state index contributed by atoms with van der Waals surface area (Å²) in [7, 11) is 0. The highest BCUT2D eigenvalue weighted by atomic mass is 35.5. The Morgan fingerprint density at radius 3 is 2.95 bits per heavy atom. The van der Waals surface area contributed by atoms with Gasteiger partial charge in [-0.2, -0.15) is 4.98 Å². The third-order valence-corrected chi connectivity index (χ3v) is 2.93. The molecule has 3 heterocycles. The van der Waals surface area contributed by atoms with Gasteiger partial charge in [0.2, 0.25) is 11.7 Å². The molecular weight excluding hydrogens is 280 g/mol. The minimum Gasteiger partial charge on any atom is -0.348 e. The number of H-pyrrole nitrogens is 1. The molecule has 20 heavy (non-hydrogen) atoms. The van der Waals surface area contributed by atoms with E-state index in [0.29, 0.717) is 28.9 Å². The van der Waals surface area contributed by atoms with E-state index in [9.17, 15) is 0 Å². The van der Waals surface area contributed by atoms with Gasteiger partial charge in [-0.25, -0.2) is 4.98 Å². The zero-order valence-corrected chi connectivity index (χ0v) is 11.1. The van der Waals surface area contributed by atoms with Gasteiger partial charge in [-0.3, -0.25) is 4.98 Å². The van der Waals surface area contributed by atoms with Crippen molar-refractivity contribution >= 4 is 11.6 Å². The van der Waals surface area contributed by atoms with Crippen molar-refractivity contribution in [3.63, 3.8) is 0 Å². The lowest BCUT2D eigenvalue weighted by molar-refractivity contribution is 0.354. The minimum absolute atomic E-state index is 0.353. The van der Waals surface area contributed by atoms with Crippen LogP contribution < -0.4 is 5.73 Å². The van der Waals surface area contributed by atoms with E-state index in [-0.39, 0.29) is 0 Å². The third-order valence-electron chi connectivity index (χ3n) is 2.71. The van der Waals surface area contributed by atoms with Crippen LogP contribution >= 0.6 is 11.6 Å². The van der Waals surface area contributed by atoms with Gasteiger partial charge in [-0.15, -0.1) is 0 Å². The lowest BCUT2D eigenvalue weighted by atomic mass is 10.2. The van der Waals surface area contributed by atoms with Crippen LogP contribution in [0, 0.1) is 0 Å². The van der Waals surface area contributed by atoms with Crippen LogP contribution in [0.5, 0.6) is 0 Å². The van der Waals surface area contributed by atoms with Crippen molar-refractivity contribution in [3.05, 3.63) is 47.5 Å². The maximum absolute atomic E-state index is 6.02. The van der Waals surface area contributed by atoms with Gasteiger partial charge < -0.3 is 15.2 Å². The molecule has 3 aromatic heterocycles. The standard InChI is InChI=1S/C12H11ClN6O/c13-7-1-2-10(16-4-7)11-18-12(20-19-11)9(14)3-8-5-15-6-17-8/h1-2,4-6,9H,3,14H2,(H,15,17). The summed E-state index contributed by atoms with van der Waals surface area (Å²) in [5.41, 5.74) is 7.50. The first-order valence-electron chi connectivity index (χ1n) is 5.91. The van der Waals surface area contributed by atoms with E-state index in [4.69, 9.17) is 21.9 Å². The summed E-state index contributed by atoms with van der Waals surface area (Å²) in [6, 6.07) is 3.03.